The minimum atomic E-state index is -3.77. The summed E-state index contributed by atoms with van der Waals surface area (Å²) in [6.45, 7) is 2.54. The molecule has 0 spiro atoms. The number of furan rings is 1. The number of ether oxygens (including phenoxy) is 1. The molecule has 9 nitrogen and oxygen atoms in total. The molecule has 158 valence electrons. The van der Waals surface area contributed by atoms with Crippen LogP contribution < -0.4 is 10.1 Å². The molecule has 0 aliphatic carbocycles. The summed E-state index contributed by atoms with van der Waals surface area (Å²) < 4.78 is 38.0. The minimum Gasteiger partial charge on any atom is -0.479 e. The Morgan fingerprint density at radius 2 is 1.97 bits per heavy atom. The summed E-state index contributed by atoms with van der Waals surface area (Å²) >= 11 is 0. The summed E-state index contributed by atoms with van der Waals surface area (Å²) in [5.41, 5.74) is 0.330. The van der Waals surface area contributed by atoms with Gasteiger partial charge in [0.2, 0.25) is 15.9 Å². The Kier molecular flexibility index (Phi) is 5.35. The summed E-state index contributed by atoms with van der Waals surface area (Å²) in [5.74, 6) is 0.472. The number of piperazine rings is 1. The lowest BCUT2D eigenvalue weighted by Crippen LogP contribution is -2.50. The molecule has 0 bridgehead atoms. The van der Waals surface area contributed by atoms with Gasteiger partial charge in [0.05, 0.1) is 16.8 Å². The molecule has 1 atom stereocenters. The highest BCUT2D eigenvalue weighted by Crippen LogP contribution is 2.32. The van der Waals surface area contributed by atoms with Crippen LogP contribution in [0.5, 0.6) is 5.75 Å². The molecular formula is C20H21N3O6S. The highest BCUT2D eigenvalue weighted by molar-refractivity contribution is 7.89. The van der Waals surface area contributed by atoms with Crippen LogP contribution in [-0.2, 0) is 19.6 Å². The number of hydrogen-bond acceptors (Lipinski definition) is 6. The fourth-order valence-electron chi connectivity index (χ4n) is 3.29. The molecule has 1 unspecified atom stereocenters. The van der Waals surface area contributed by atoms with Gasteiger partial charge < -0.3 is 19.4 Å². The quantitative estimate of drug-likeness (QED) is 0.736. The monoisotopic (exact) mass is 431 g/mol. The molecule has 4 rings (SSSR count). The molecule has 0 saturated carbocycles. The fraction of sp³-hybridized carbons (Fsp3) is 0.300. The van der Waals surface area contributed by atoms with Gasteiger partial charge in [-0.05, 0) is 43.3 Å². The van der Waals surface area contributed by atoms with Crippen LogP contribution in [-0.4, -0.2) is 61.7 Å². The predicted octanol–water partition coefficient (Wildman–Crippen LogP) is 1.55. The number of carbonyl (C=O) groups excluding carboxylic acids is 2. The van der Waals surface area contributed by atoms with Crippen LogP contribution in [0.4, 0.5) is 5.69 Å². The van der Waals surface area contributed by atoms with E-state index in [9.17, 15) is 18.0 Å². The van der Waals surface area contributed by atoms with Gasteiger partial charge in [0.1, 0.15) is 11.5 Å². The van der Waals surface area contributed by atoms with Crippen molar-refractivity contribution in [3.63, 3.8) is 0 Å². The van der Waals surface area contributed by atoms with Crippen molar-refractivity contribution in [3.05, 3.63) is 48.4 Å². The van der Waals surface area contributed by atoms with Gasteiger partial charge in [0.25, 0.3) is 5.91 Å². The van der Waals surface area contributed by atoms with Gasteiger partial charge in [-0.3, -0.25) is 9.59 Å². The zero-order chi connectivity index (χ0) is 21.3. The van der Waals surface area contributed by atoms with E-state index in [0.717, 1.165) is 0 Å². The van der Waals surface area contributed by atoms with Gasteiger partial charge in [-0.1, -0.05) is 0 Å². The maximum atomic E-state index is 13.0. The highest BCUT2D eigenvalue weighted by Gasteiger charge is 2.31. The van der Waals surface area contributed by atoms with E-state index in [-0.39, 0.29) is 42.9 Å². The van der Waals surface area contributed by atoms with E-state index in [1.165, 1.54) is 34.8 Å². The molecule has 3 heterocycles. The third-order valence-corrected chi connectivity index (χ3v) is 6.90. The third kappa shape index (κ3) is 3.96. The largest absolute Gasteiger partial charge is 0.479 e. The Morgan fingerprint density at radius 3 is 2.67 bits per heavy atom. The summed E-state index contributed by atoms with van der Waals surface area (Å²) in [4.78, 5) is 25.8. The first-order chi connectivity index (χ1) is 14.3. The number of amides is 2. The maximum absolute atomic E-state index is 13.0. The van der Waals surface area contributed by atoms with E-state index in [4.69, 9.17) is 9.15 Å². The van der Waals surface area contributed by atoms with Gasteiger partial charge in [-0.15, -0.1) is 0 Å². The van der Waals surface area contributed by atoms with Crippen LogP contribution in [0.3, 0.4) is 0 Å². The molecule has 10 heteroatoms. The molecule has 2 amide bonds. The summed E-state index contributed by atoms with van der Waals surface area (Å²) in [6.07, 6.45) is 3.88. The van der Waals surface area contributed by atoms with Crippen molar-refractivity contribution in [2.24, 2.45) is 0 Å². The Morgan fingerprint density at radius 1 is 1.20 bits per heavy atom. The van der Waals surface area contributed by atoms with Crippen molar-refractivity contribution >= 4 is 33.6 Å². The van der Waals surface area contributed by atoms with Gasteiger partial charge in [-0.2, -0.15) is 4.31 Å². The average molecular weight is 431 g/mol. The molecule has 0 radical (unpaired) electrons. The predicted molar refractivity (Wildman–Crippen MR) is 108 cm³/mol. The second-order valence-electron chi connectivity index (χ2n) is 6.99. The highest BCUT2D eigenvalue weighted by atomic mass is 32.2. The van der Waals surface area contributed by atoms with Gasteiger partial charge in [0, 0.05) is 32.3 Å². The molecule has 2 aliphatic rings. The van der Waals surface area contributed by atoms with Crippen molar-refractivity contribution in [1.29, 1.82) is 0 Å². The zero-order valence-electron chi connectivity index (χ0n) is 16.3. The number of rotatable bonds is 4. The van der Waals surface area contributed by atoms with E-state index in [0.29, 0.717) is 17.2 Å². The number of hydrogen-bond donors (Lipinski definition) is 1. The normalized spacial score (nSPS) is 20.0. The van der Waals surface area contributed by atoms with Gasteiger partial charge >= 0.3 is 0 Å². The number of nitrogens with one attached hydrogen (secondary N) is 1. The minimum absolute atomic E-state index is 0.0668. The standard InChI is InChI=1S/C20H21N3O6S/c1-14-20(25)21-17-13-16(5-6-18(17)29-14)30(26,27)23-10-8-22(9-11-23)19(24)7-4-15-3-2-12-28-15/h2-7,12-14H,8-11H2,1H3,(H,21,25). The topological polar surface area (TPSA) is 109 Å². The van der Waals surface area contributed by atoms with E-state index >= 15 is 0 Å². The maximum Gasteiger partial charge on any atom is 0.265 e. The lowest BCUT2D eigenvalue weighted by Gasteiger charge is -2.33. The first-order valence-electron chi connectivity index (χ1n) is 9.47. The van der Waals surface area contributed by atoms with Crippen LogP contribution in [0.1, 0.15) is 12.7 Å². The number of sulfonamides is 1. The molecule has 30 heavy (non-hydrogen) atoms. The van der Waals surface area contributed by atoms with E-state index in [2.05, 4.69) is 5.32 Å². The molecule has 2 aliphatic heterocycles. The third-order valence-electron chi connectivity index (χ3n) is 5.00. The SMILES string of the molecule is CC1Oc2ccc(S(=O)(=O)N3CCN(C(=O)C=Cc4ccco4)CC3)cc2NC1=O. The number of nitrogens with zero attached hydrogens (tertiary/aromatic N) is 2. The summed E-state index contributed by atoms with van der Waals surface area (Å²) in [5, 5.41) is 2.66. The lowest BCUT2D eigenvalue weighted by atomic mass is 10.2. The molecule has 2 aromatic rings. The first kappa shape index (κ1) is 20.2. The molecular weight excluding hydrogens is 410 g/mol. The van der Waals surface area contributed by atoms with Crippen molar-refractivity contribution in [1.82, 2.24) is 9.21 Å². The van der Waals surface area contributed by atoms with Crippen molar-refractivity contribution in [3.8, 4) is 5.75 Å². The first-order valence-corrected chi connectivity index (χ1v) is 10.9. The van der Waals surface area contributed by atoms with Crippen LogP contribution in [0, 0.1) is 0 Å². The second-order valence-corrected chi connectivity index (χ2v) is 8.92. The van der Waals surface area contributed by atoms with Crippen molar-refractivity contribution in [2.45, 2.75) is 17.9 Å². The van der Waals surface area contributed by atoms with Crippen LogP contribution in [0.15, 0.2) is 52.0 Å². The second kappa shape index (κ2) is 7.96. The van der Waals surface area contributed by atoms with Gasteiger partial charge in [-0.25, -0.2) is 8.42 Å². The van der Waals surface area contributed by atoms with E-state index in [1.807, 2.05) is 0 Å². The Hall–Kier alpha value is -3.11. The van der Waals surface area contributed by atoms with Crippen molar-refractivity contribution < 1.29 is 27.2 Å². The zero-order valence-corrected chi connectivity index (χ0v) is 17.1. The number of anilines is 1. The van der Waals surface area contributed by atoms with Crippen LogP contribution >= 0.6 is 0 Å². The fourth-order valence-corrected chi connectivity index (χ4v) is 4.74. The molecule has 1 N–H and O–H groups in total. The summed E-state index contributed by atoms with van der Waals surface area (Å²) in [6, 6.07) is 7.87. The van der Waals surface area contributed by atoms with E-state index in [1.54, 1.807) is 30.0 Å². The van der Waals surface area contributed by atoms with Gasteiger partial charge in [0.15, 0.2) is 6.10 Å². The molecule has 1 saturated heterocycles. The number of fused-ring (bicyclic) bond motifs is 1. The van der Waals surface area contributed by atoms with Crippen molar-refractivity contribution in [2.75, 3.05) is 31.5 Å². The molecule has 1 aromatic heterocycles. The Bertz CT molecular complexity index is 1090. The smallest absolute Gasteiger partial charge is 0.265 e. The number of carbonyl (C=O) groups is 2. The number of benzene rings is 1. The van der Waals surface area contributed by atoms with Crippen LogP contribution in [0.2, 0.25) is 0 Å². The lowest BCUT2D eigenvalue weighted by molar-refractivity contribution is -0.127. The molecule has 1 aromatic carbocycles. The summed E-state index contributed by atoms with van der Waals surface area (Å²) in [7, 11) is -3.77. The Balaban J connectivity index is 1.42. The molecule has 1 fully saturated rings. The van der Waals surface area contributed by atoms with E-state index < -0.39 is 16.1 Å². The average Bonchev–Trinajstić information content (AvgIpc) is 3.26. The Labute approximate surface area is 173 Å². The van der Waals surface area contributed by atoms with Crippen LogP contribution in [0.25, 0.3) is 6.08 Å².